The van der Waals surface area contributed by atoms with E-state index < -0.39 is 9.84 Å². The second-order valence-corrected chi connectivity index (χ2v) is 6.70. The topological polar surface area (TPSA) is 84.0 Å². The van der Waals surface area contributed by atoms with Gasteiger partial charge in [0.25, 0.3) is 0 Å². The van der Waals surface area contributed by atoms with Crippen LogP contribution in [0.2, 0.25) is 0 Å². The van der Waals surface area contributed by atoms with Gasteiger partial charge in [0.1, 0.15) is 5.82 Å². The Morgan fingerprint density at radius 1 is 1.29 bits per heavy atom. The largest absolute Gasteiger partial charge is 0.354 e. The maximum Gasteiger partial charge on any atom is 0.224 e. The van der Waals surface area contributed by atoms with Crippen LogP contribution in [-0.4, -0.2) is 31.2 Å². The van der Waals surface area contributed by atoms with Crippen LogP contribution in [0.4, 0.5) is 17.5 Å². The van der Waals surface area contributed by atoms with Gasteiger partial charge in [-0.1, -0.05) is 6.07 Å². The van der Waals surface area contributed by atoms with E-state index in [4.69, 9.17) is 0 Å². The number of aromatic nitrogens is 2. The molecule has 0 aliphatic carbocycles. The standard InChI is InChI=1S/C14H18N4O2S/c1-4-15-14-16-9-10(2)13(18-14)17-11-6-5-7-12(8-11)21(3,19)20/h5-9H,4H2,1-3H3,(H2,15,16,17,18). The molecule has 0 bridgehead atoms. The summed E-state index contributed by atoms with van der Waals surface area (Å²) in [6.07, 6.45) is 2.90. The maximum atomic E-state index is 11.6. The Labute approximate surface area is 124 Å². The molecule has 1 aromatic carbocycles. The van der Waals surface area contributed by atoms with Crippen molar-refractivity contribution in [3.63, 3.8) is 0 Å². The van der Waals surface area contributed by atoms with Crippen LogP contribution in [-0.2, 0) is 9.84 Å². The van der Waals surface area contributed by atoms with Crippen molar-refractivity contribution < 1.29 is 8.42 Å². The molecule has 2 aromatic rings. The van der Waals surface area contributed by atoms with Crippen LogP contribution in [0.25, 0.3) is 0 Å². The quantitative estimate of drug-likeness (QED) is 0.882. The first-order valence-corrected chi connectivity index (χ1v) is 8.44. The van der Waals surface area contributed by atoms with E-state index in [1.165, 1.54) is 6.26 Å². The van der Waals surface area contributed by atoms with Gasteiger partial charge in [0.15, 0.2) is 9.84 Å². The van der Waals surface area contributed by atoms with Gasteiger partial charge in [0.05, 0.1) is 4.90 Å². The SMILES string of the molecule is CCNc1ncc(C)c(Nc2cccc(S(C)(=O)=O)c2)n1. The molecule has 1 aromatic heterocycles. The number of rotatable bonds is 5. The number of aryl methyl sites for hydroxylation is 1. The minimum Gasteiger partial charge on any atom is -0.354 e. The molecule has 0 radical (unpaired) electrons. The van der Waals surface area contributed by atoms with Crippen molar-refractivity contribution in [2.75, 3.05) is 23.4 Å². The Balaban J connectivity index is 2.32. The number of anilines is 3. The first kappa shape index (κ1) is 15.2. The second-order valence-electron chi connectivity index (χ2n) is 4.68. The van der Waals surface area contributed by atoms with Gasteiger partial charge in [-0.05, 0) is 32.0 Å². The van der Waals surface area contributed by atoms with E-state index in [0.29, 0.717) is 17.5 Å². The van der Waals surface area contributed by atoms with Crippen LogP contribution in [0.1, 0.15) is 12.5 Å². The van der Waals surface area contributed by atoms with Gasteiger partial charge in [-0.25, -0.2) is 13.4 Å². The normalized spacial score (nSPS) is 11.2. The molecule has 0 aliphatic rings. The van der Waals surface area contributed by atoms with Crippen molar-refractivity contribution in [2.24, 2.45) is 0 Å². The molecule has 0 spiro atoms. The number of nitrogens with zero attached hydrogens (tertiary/aromatic N) is 2. The summed E-state index contributed by atoms with van der Waals surface area (Å²) in [5.74, 6) is 1.18. The number of hydrogen-bond acceptors (Lipinski definition) is 6. The van der Waals surface area contributed by atoms with Gasteiger partial charge in [0, 0.05) is 30.2 Å². The van der Waals surface area contributed by atoms with Crippen LogP contribution < -0.4 is 10.6 Å². The molecular weight excluding hydrogens is 288 g/mol. The van der Waals surface area contributed by atoms with E-state index in [0.717, 1.165) is 12.1 Å². The zero-order valence-corrected chi connectivity index (χ0v) is 13.0. The Morgan fingerprint density at radius 3 is 2.71 bits per heavy atom. The predicted molar refractivity (Wildman–Crippen MR) is 83.8 cm³/mol. The Hall–Kier alpha value is -2.15. The summed E-state index contributed by atoms with van der Waals surface area (Å²) in [6.45, 7) is 4.58. The van der Waals surface area contributed by atoms with Crippen molar-refractivity contribution in [1.82, 2.24) is 9.97 Å². The second kappa shape index (κ2) is 6.09. The summed E-state index contributed by atoms with van der Waals surface area (Å²) in [7, 11) is -3.23. The molecule has 21 heavy (non-hydrogen) atoms. The minimum absolute atomic E-state index is 0.270. The van der Waals surface area contributed by atoms with Gasteiger partial charge < -0.3 is 10.6 Å². The summed E-state index contributed by atoms with van der Waals surface area (Å²) < 4.78 is 23.2. The molecule has 1 heterocycles. The van der Waals surface area contributed by atoms with E-state index in [1.807, 2.05) is 13.8 Å². The molecule has 0 saturated heterocycles. The highest BCUT2D eigenvalue weighted by molar-refractivity contribution is 7.90. The van der Waals surface area contributed by atoms with Gasteiger partial charge >= 0.3 is 0 Å². The Kier molecular flexibility index (Phi) is 4.42. The van der Waals surface area contributed by atoms with Crippen LogP contribution >= 0.6 is 0 Å². The van der Waals surface area contributed by atoms with Crippen molar-refractivity contribution in [2.45, 2.75) is 18.7 Å². The number of nitrogens with one attached hydrogen (secondary N) is 2. The van der Waals surface area contributed by atoms with Crippen LogP contribution in [0, 0.1) is 6.92 Å². The highest BCUT2D eigenvalue weighted by atomic mass is 32.2. The number of sulfone groups is 1. The smallest absolute Gasteiger partial charge is 0.224 e. The summed E-state index contributed by atoms with van der Waals surface area (Å²) in [5, 5.41) is 6.17. The molecule has 6 nitrogen and oxygen atoms in total. The third kappa shape index (κ3) is 3.91. The third-order valence-corrected chi connectivity index (χ3v) is 3.94. The molecule has 0 fully saturated rings. The fraction of sp³-hybridized carbons (Fsp3) is 0.286. The molecule has 2 rings (SSSR count). The monoisotopic (exact) mass is 306 g/mol. The van der Waals surface area contributed by atoms with E-state index in [2.05, 4.69) is 20.6 Å². The first-order chi connectivity index (χ1) is 9.90. The summed E-state index contributed by atoms with van der Waals surface area (Å²) in [4.78, 5) is 8.80. The highest BCUT2D eigenvalue weighted by Gasteiger charge is 2.09. The molecule has 7 heteroatoms. The summed E-state index contributed by atoms with van der Waals surface area (Å²) in [5.41, 5.74) is 1.54. The molecule has 0 saturated carbocycles. The lowest BCUT2D eigenvalue weighted by Gasteiger charge is -2.11. The maximum absolute atomic E-state index is 11.6. The first-order valence-electron chi connectivity index (χ1n) is 6.55. The average molecular weight is 306 g/mol. The zero-order valence-electron chi connectivity index (χ0n) is 12.2. The minimum atomic E-state index is -3.23. The molecule has 0 amide bonds. The van der Waals surface area contributed by atoms with E-state index >= 15 is 0 Å². The van der Waals surface area contributed by atoms with Gasteiger partial charge in [-0.15, -0.1) is 0 Å². The zero-order chi connectivity index (χ0) is 15.5. The lowest BCUT2D eigenvalue weighted by molar-refractivity contribution is 0.602. The van der Waals surface area contributed by atoms with Crippen molar-refractivity contribution in [3.8, 4) is 0 Å². The fourth-order valence-corrected chi connectivity index (χ4v) is 2.42. The van der Waals surface area contributed by atoms with Crippen LogP contribution in [0.3, 0.4) is 0 Å². The Morgan fingerprint density at radius 2 is 2.05 bits per heavy atom. The summed E-state index contributed by atoms with van der Waals surface area (Å²) >= 11 is 0. The molecular formula is C14H18N4O2S. The van der Waals surface area contributed by atoms with Crippen LogP contribution in [0.15, 0.2) is 35.4 Å². The van der Waals surface area contributed by atoms with Crippen molar-refractivity contribution in [3.05, 3.63) is 36.0 Å². The Bertz CT molecular complexity index is 744. The van der Waals surface area contributed by atoms with Crippen molar-refractivity contribution in [1.29, 1.82) is 0 Å². The lowest BCUT2D eigenvalue weighted by Crippen LogP contribution is -2.06. The van der Waals surface area contributed by atoms with E-state index in [-0.39, 0.29) is 4.90 Å². The average Bonchev–Trinajstić information content (AvgIpc) is 2.42. The molecule has 0 aliphatic heterocycles. The van der Waals surface area contributed by atoms with Gasteiger partial charge in [-0.3, -0.25) is 0 Å². The lowest BCUT2D eigenvalue weighted by atomic mass is 10.3. The van der Waals surface area contributed by atoms with E-state index in [9.17, 15) is 8.42 Å². The van der Waals surface area contributed by atoms with E-state index in [1.54, 1.807) is 30.5 Å². The molecule has 0 atom stereocenters. The third-order valence-electron chi connectivity index (χ3n) is 2.83. The van der Waals surface area contributed by atoms with Gasteiger partial charge in [0.2, 0.25) is 5.95 Å². The number of benzene rings is 1. The molecule has 0 unspecified atom stereocenters. The highest BCUT2D eigenvalue weighted by Crippen LogP contribution is 2.21. The van der Waals surface area contributed by atoms with Crippen molar-refractivity contribution >= 4 is 27.3 Å². The molecule has 2 N–H and O–H groups in total. The number of hydrogen-bond donors (Lipinski definition) is 2. The predicted octanol–water partition coefficient (Wildman–Crippen LogP) is 2.36. The van der Waals surface area contributed by atoms with Gasteiger partial charge in [-0.2, -0.15) is 4.98 Å². The fourth-order valence-electron chi connectivity index (χ4n) is 1.75. The summed E-state index contributed by atoms with van der Waals surface area (Å²) in [6, 6.07) is 6.64. The molecule has 112 valence electrons. The van der Waals surface area contributed by atoms with Crippen LogP contribution in [0.5, 0.6) is 0 Å².